The Bertz CT molecular complexity index is 969. The zero-order valence-electron chi connectivity index (χ0n) is 16.4. The average Bonchev–Trinajstić information content (AvgIpc) is 3.38. The summed E-state index contributed by atoms with van der Waals surface area (Å²) in [7, 11) is 0. The molecule has 1 saturated heterocycles. The Morgan fingerprint density at radius 2 is 2.04 bits per heavy atom. The summed E-state index contributed by atoms with van der Waals surface area (Å²) in [5.74, 6) is 1.63. The highest BCUT2D eigenvalue weighted by atomic mass is 16.5. The third-order valence-electron chi connectivity index (χ3n) is 6.15. The van der Waals surface area contributed by atoms with E-state index in [4.69, 9.17) is 4.74 Å². The predicted molar refractivity (Wildman–Crippen MR) is 112 cm³/mol. The molecule has 0 saturated carbocycles. The summed E-state index contributed by atoms with van der Waals surface area (Å²) in [6.45, 7) is 6.27. The molecule has 0 atom stereocenters. The second kappa shape index (κ2) is 7.44. The van der Waals surface area contributed by atoms with Gasteiger partial charge in [-0.3, -0.25) is 10.00 Å². The lowest BCUT2D eigenvalue weighted by molar-refractivity contribution is 0.203. The van der Waals surface area contributed by atoms with Crippen LogP contribution in [-0.2, 0) is 13.0 Å². The van der Waals surface area contributed by atoms with E-state index in [9.17, 15) is 0 Å². The standard InChI is InChI=1S/C24H27N3O/c1-17-3-2-4-20(13-17)22-15-25-26-24(22)19-7-10-27(11-8-19)16-18-5-6-23-21(14-18)9-12-28-23/h2-6,13-15,19H,7-12,16H2,1H3,(H,25,26). The molecule has 0 aliphatic carbocycles. The van der Waals surface area contributed by atoms with E-state index in [0.29, 0.717) is 5.92 Å². The third-order valence-corrected chi connectivity index (χ3v) is 6.15. The van der Waals surface area contributed by atoms with Crippen LogP contribution in [0.25, 0.3) is 11.1 Å². The van der Waals surface area contributed by atoms with Crippen molar-refractivity contribution in [3.8, 4) is 16.9 Å². The molecule has 0 unspecified atom stereocenters. The largest absolute Gasteiger partial charge is 0.493 e. The first-order valence-electron chi connectivity index (χ1n) is 10.3. The van der Waals surface area contributed by atoms with E-state index in [1.807, 2.05) is 6.20 Å². The average molecular weight is 374 g/mol. The molecule has 0 bridgehead atoms. The molecule has 1 aromatic heterocycles. The van der Waals surface area contributed by atoms with Gasteiger partial charge in [-0.2, -0.15) is 5.10 Å². The molecule has 4 nitrogen and oxygen atoms in total. The highest BCUT2D eigenvalue weighted by molar-refractivity contribution is 5.66. The molecule has 0 amide bonds. The van der Waals surface area contributed by atoms with Crippen LogP contribution in [0, 0.1) is 6.92 Å². The fraction of sp³-hybridized carbons (Fsp3) is 0.375. The number of aromatic nitrogens is 2. The van der Waals surface area contributed by atoms with E-state index < -0.39 is 0 Å². The van der Waals surface area contributed by atoms with Gasteiger partial charge in [0.15, 0.2) is 0 Å². The minimum atomic E-state index is 0.558. The van der Waals surface area contributed by atoms with Gasteiger partial charge in [-0.25, -0.2) is 0 Å². The van der Waals surface area contributed by atoms with Gasteiger partial charge >= 0.3 is 0 Å². The van der Waals surface area contributed by atoms with E-state index in [1.54, 1.807) is 0 Å². The van der Waals surface area contributed by atoms with Crippen molar-refractivity contribution >= 4 is 0 Å². The summed E-state index contributed by atoms with van der Waals surface area (Å²) in [4.78, 5) is 2.58. The summed E-state index contributed by atoms with van der Waals surface area (Å²) >= 11 is 0. The van der Waals surface area contributed by atoms with Crippen LogP contribution in [0.1, 0.15) is 41.1 Å². The first-order chi connectivity index (χ1) is 13.8. The number of piperidine rings is 1. The van der Waals surface area contributed by atoms with Crippen molar-refractivity contribution in [3.05, 3.63) is 71.0 Å². The number of hydrogen-bond acceptors (Lipinski definition) is 3. The van der Waals surface area contributed by atoms with Crippen molar-refractivity contribution in [3.63, 3.8) is 0 Å². The van der Waals surface area contributed by atoms with Crippen LogP contribution >= 0.6 is 0 Å². The number of nitrogens with zero attached hydrogens (tertiary/aromatic N) is 2. The van der Waals surface area contributed by atoms with Gasteiger partial charge in [-0.1, -0.05) is 42.0 Å². The topological polar surface area (TPSA) is 41.2 Å². The van der Waals surface area contributed by atoms with Crippen molar-refractivity contribution in [2.24, 2.45) is 0 Å². The Morgan fingerprint density at radius 3 is 2.89 bits per heavy atom. The number of fused-ring (bicyclic) bond motifs is 1. The van der Waals surface area contributed by atoms with E-state index in [2.05, 4.69) is 64.5 Å². The minimum Gasteiger partial charge on any atom is -0.493 e. The number of H-pyrrole nitrogens is 1. The zero-order valence-corrected chi connectivity index (χ0v) is 16.4. The number of aromatic amines is 1. The Morgan fingerprint density at radius 1 is 1.14 bits per heavy atom. The summed E-state index contributed by atoms with van der Waals surface area (Å²) in [6.07, 6.45) is 5.39. The first kappa shape index (κ1) is 17.5. The van der Waals surface area contributed by atoms with Crippen LogP contribution in [0.4, 0.5) is 0 Å². The maximum atomic E-state index is 5.63. The van der Waals surface area contributed by atoms with Gasteiger partial charge in [0.2, 0.25) is 0 Å². The highest BCUT2D eigenvalue weighted by Gasteiger charge is 2.25. The van der Waals surface area contributed by atoms with Crippen molar-refractivity contribution in [1.29, 1.82) is 0 Å². The van der Waals surface area contributed by atoms with E-state index in [0.717, 1.165) is 38.4 Å². The number of nitrogens with one attached hydrogen (secondary N) is 1. The number of hydrogen-bond donors (Lipinski definition) is 1. The molecule has 1 fully saturated rings. The molecule has 28 heavy (non-hydrogen) atoms. The summed E-state index contributed by atoms with van der Waals surface area (Å²) in [5.41, 5.74) is 7.91. The Balaban J connectivity index is 1.25. The van der Waals surface area contributed by atoms with E-state index in [1.165, 1.54) is 46.4 Å². The second-order valence-electron chi connectivity index (χ2n) is 8.16. The van der Waals surface area contributed by atoms with E-state index in [-0.39, 0.29) is 0 Å². The number of ether oxygens (including phenoxy) is 1. The van der Waals surface area contributed by atoms with Gasteiger partial charge in [-0.05, 0) is 55.6 Å². The van der Waals surface area contributed by atoms with Gasteiger partial charge in [0.25, 0.3) is 0 Å². The Hall–Kier alpha value is -2.59. The van der Waals surface area contributed by atoms with Gasteiger partial charge in [-0.15, -0.1) is 0 Å². The second-order valence-corrected chi connectivity index (χ2v) is 8.16. The summed E-state index contributed by atoms with van der Waals surface area (Å²) < 4.78 is 5.63. The number of likely N-dealkylation sites (tertiary alicyclic amines) is 1. The van der Waals surface area contributed by atoms with Crippen molar-refractivity contribution < 1.29 is 4.74 Å². The molecule has 3 heterocycles. The molecule has 4 heteroatoms. The van der Waals surface area contributed by atoms with Crippen molar-refractivity contribution in [2.45, 2.75) is 38.6 Å². The van der Waals surface area contributed by atoms with Crippen LogP contribution in [-0.4, -0.2) is 34.8 Å². The van der Waals surface area contributed by atoms with Crippen LogP contribution in [0.3, 0.4) is 0 Å². The lowest BCUT2D eigenvalue weighted by Gasteiger charge is -2.32. The quantitative estimate of drug-likeness (QED) is 0.721. The SMILES string of the molecule is Cc1cccc(-c2cn[nH]c2C2CCN(Cc3ccc4c(c3)CCO4)CC2)c1. The fourth-order valence-electron chi connectivity index (χ4n) is 4.63. The first-order valence-corrected chi connectivity index (χ1v) is 10.3. The maximum Gasteiger partial charge on any atom is 0.122 e. The molecule has 2 aromatic carbocycles. The molecule has 3 aromatic rings. The monoisotopic (exact) mass is 373 g/mol. The normalized spacial score (nSPS) is 17.5. The van der Waals surface area contributed by atoms with Gasteiger partial charge in [0.05, 0.1) is 12.8 Å². The summed E-state index contributed by atoms with van der Waals surface area (Å²) in [5, 5.41) is 7.68. The van der Waals surface area contributed by atoms with Crippen molar-refractivity contribution in [2.75, 3.05) is 19.7 Å². The smallest absolute Gasteiger partial charge is 0.122 e. The predicted octanol–water partition coefficient (Wildman–Crippen LogP) is 4.70. The molecule has 5 rings (SSSR count). The maximum absolute atomic E-state index is 5.63. The highest BCUT2D eigenvalue weighted by Crippen LogP contribution is 2.34. The molecular formula is C24H27N3O. The van der Waals surface area contributed by atoms with Crippen LogP contribution in [0.2, 0.25) is 0 Å². The van der Waals surface area contributed by atoms with Gasteiger partial charge in [0.1, 0.15) is 5.75 Å². The minimum absolute atomic E-state index is 0.558. The fourth-order valence-corrected chi connectivity index (χ4v) is 4.63. The molecule has 144 valence electrons. The summed E-state index contributed by atoms with van der Waals surface area (Å²) in [6, 6.07) is 15.4. The lowest BCUT2D eigenvalue weighted by atomic mass is 9.89. The molecule has 2 aliphatic heterocycles. The Kier molecular flexibility index (Phi) is 4.65. The zero-order chi connectivity index (χ0) is 18.9. The van der Waals surface area contributed by atoms with Crippen LogP contribution in [0.5, 0.6) is 5.75 Å². The van der Waals surface area contributed by atoms with Crippen molar-refractivity contribution in [1.82, 2.24) is 15.1 Å². The number of benzene rings is 2. The van der Waals surface area contributed by atoms with Crippen LogP contribution < -0.4 is 4.74 Å². The van der Waals surface area contributed by atoms with Gasteiger partial charge < -0.3 is 4.74 Å². The molecule has 2 aliphatic rings. The molecule has 0 spiro atoms. The molecule has 0 radical (unpaired) electrons. The molecular weight excluding hydrogens is 346 g/mol. The van der Waals surface area contributed by atoms with E-state index >= 15 is 0 Å². The lowest BCUT2D eigenvalue weighted by Crippen LogP contribution is -2.32. The number of aryl methyl sites for hydroxylation is 1. The van der Waals surface area contributed by atoms with Crippen LogP contribution in [0.15, 0.2) is 48.7 Å². The number of rotatable bonds is 4. The third kappa shape index (κ3) is 3.45. The molecule has 1 N–H and O–H groups in total. The Labute approximate surface area is 166 Å². The van der Waals surface area contributed by atoms with Gasteiger partial charge in [0, 0.05) is 30.1 Å².